The number of carbonyl (C=O) groups is 2. The van der Waals surface area contributed by atoms with Crippen molar-refractivity contribution in [1.82, 2.24) is 10.0 Å². The molecule has 7 nitrogen and oxygen atoms in total. The number of hydrogen-bond acceptors (Lipinski definition) is 6. The number of methoxy groups -OCH3 is 1. The van der Waals surface area contributed by atoms with Crippen molar-refractivity contribution in [3.63, 3.8) is 0 Å². The second-order valence-electron chi connectivity index (χ2n) is 6.13. The Bertz CT molecular complexity index is 600. The van der Waals surface area contributed by atoms with E-state index in [9.17, 15) is 9.59 Å². The molecule has 0 bridgehead atoms. The summed E-state index contributed by atoms with van der Waals surface area (Å²) in [6.45, 7) is 6.63. The van der Waals surface area contributed by atoms with Crippen LogP contribution in [0.25, 0.3) is 0 Å². The maximum absolute atomic E-state index is 12.3. The Morgan fingerprint density at radius 3 is 2.61 bits per heavy atom. The van der Waals surface area contributed by atoms with Crippen molar-refractivity contribution >= 4 is 12.1 Å². The van der Waals surface area contributed by atoms with Crippen LogP contribution >= 0.6 is 0 Å². The number of carbonyl (C=O) groups excluding carboxylic acids is 2. The van der Waals surface area contributed by atoms with Gasteiger partial charge in [0.25, 0.3) is 0 Å². The first-order valence-corrected chi connectivity index (χ1v) is 7.37. The fourth-order valence-electron chi connectivity index (χ4n) is 2.16. The third-order valence-electron chi connectivity index (χ3n) is 3.18. The lowest BCUT2D eigenvalue weighted by Crippen LogP contribution is -2.50. The Kier molecular flexibility index (Phi) is 5.10. The van der Waals surface area contributed by atoms with E-state index in [1.54, 1.807) is 11.1 Å². The minimum absolute atomic E-state index is 0.265. The van der Waals surface area contributed by atoms with Gasteiger partial charge in [-0.2, -0.15) is 0 Å². The van der Waals surface area contributed by atoms with E-state index in [0.29, 0.717) is 24.4 Å². The van der Waals surface area contributed by atoms with Gasteiger partial charge >= 0.3 is 12.1 Å². The molecular formula is C16H22N2O5. The molecule has 0 aliphatic carbocycles. The minimum atomic E-state index is -0.578. The Hall–Kier alpha value is -2.28. The fourth-order valence-corrected chi connectivity index (χ4v) is 2.16. The molecular weight excluding hydrogens is 300 g/mol. The average molecular weight is 322 g/mol. The quantitative estimate of drug-likeness (QED) is 0.629. The van der Waals surface area contributed by atoms with E-state index in [-0.39, 0.29) is 6.54 Å². The molecule has 0 saturated carbocycles. The highest BCUT2D eigenvalue weighted by atomic mass is 16.6. The van der Waals surface area contributed by atoms with Crippen molar-refractivity contribution in [1.29, 1.82) is 0 Å². The SMILES string of the molecule is COC(=O)c1ccoc1CN1CC=CCN1C(=O)OC(C)(C)C. The lowest BCUT2D eigenvalue weighted by atomic mass is 10.2. The zero-order chi connectivity index (χ0) is 17.0. The van der Waals surface area contributed by atoms with Gasteiger partial charge in [0, 0.05) is 6.54 Å². The summed E-state index contributed by atoms with van der Waals surface area (Å²) >= 11 is 0. The van der Waals surface area contributed by atoms with Gasteiger partial charge in [0.1, 0.15) is 16.9 Å². The normalized spacial score (nSPS) is 15.6. The predicted octanol–water partition coefficient (Wildman–Crippen LogP) is 2.59. The molecule has 1 aliphatic heterocycles. The van der Waals surface area contributed by atoms with Crippen LogP contribution in [0.4, 0.5) is 4.79 Å². The van der Waals surface area contributed by atoms with E-state index in [2.05, 4.69) is 0 Å². The molecule has 2 rings (SSSR count). The van der Waals surface area contributed by atoms with Gasteiger partial charge in [0.2, 0.25) is 0 Å². The Labute approximate surface area is 135 Å². The summed E-state index contributed by atoms with van der Waals surface area (Å²) in [7, 11) is 1.32. The maximum Gasteiger partial charge on any atom is 0.425 e. The van der Waals surface area contributed by atoms with E-state index in [4.69, 9.17) is 13.9 Å². The first-order chi connectivity index (χ1) is 10.8. The van der Waals surface area contributed by atoms with Gasteiger partial charge in [0.05, 0.1) is 26.5 Å². The molecule has 0 radical (unpaired) electrons. The monoisotopic (exact) mass is 322 g/mol. The van der Waals surface area contributed by atoms with E-state index < -0.39 is 17.7 Å². The van der Waals surface area contributed by atoms with Gasteiger partial charge < -0.3 is 13.9 Å². The zero-order valence-electron chi connectivity index (χ0n) is 13.9. The maximum atomic E-state index is 12.3. The van der Waals surface area contributed by atoms with Crippen LogP contribution in [0.3, 0.4) is 0 Å². The topological polar surface area (TPSA) is 72.2 Å². The van der Waals surface area contributed by atoms with Gasteiger partial charge in [-0.25, -0.2) is 19.6 Å². The molecule has 1 amide bonds. The summed E-state index contributed by atoms with van der Waals surface area (Å²) in [5.41, 5.74) is -0.225. The van der Waals surface area contributed by atoms with Crippen LogP contribution in [0.1, 0.15) is 36.9 Å². The molecule has 126 valence electrons. The second-order valence-corrected chi connectivity index (χ2v) is 6.13. The number of hydrazine groups is 1. The highest BCUT2D eigenvalue weighted by Crippen LogP contribution is 2.19. The number of nitrogens with zero attached hydrogens (tertiary/aromatic N) is 2. The summed E-state index contributed by atoms with van der Waals surface area (Å²) < 4.78 is 15.5. The first-order valence-electron chi connectivity index (χ1n) is 7.37. The van der Waals surface area contributed by atoms with Crippen LogP contribution < -0.4 is 0 Å². The molecule has 0 fully saturated rings. The average Bonchev–Trinajstić information content (AvgIpc) is 2.93. The van der Waals surface area contributed by atoms with Gasteiger partial charge in [-0.05, 0) is 26.8 Å². The third-order valence-corrected chi connectivity index (χ3v) is 3.18. The lowest BCUT2D eigenvalue weighted by Gasteiger charge is -2.36. The largest absolute Gasteiger partial charge is 0.467 e. The first kappa shape index (κ1) is 17.1. The van der Waals surface area contributed by atoms with Crippen molar-refractivity contribution in [2.75, 3.05) is 20.2 Å². The molecule has 2 heterocycles. The summed E-state index contributed by atoms with van der Waals surface area (Å²) in [4.78, 5) is 24.1. The molecule has 0 N–H and O–H groups in total. The molecule has 1 aromatic heterocycles. The minimum Gasteiger partial charge on any atom is -0.467 e. The third kappa shape index (κ3) is 4.35. The Balaban J connectivity index is 2.14. The van der Waals surface area contributed by atoms with Gasteiger partial charge in [-0.1, -0.05) is 12.2 Å². The summed E-state index contributed by atoms with van der Waals surface area (Å²) in [6, 6.07) is 1.55. The van der Waals surface area contributed by atoms with Crippen molar-refractivity contribution in [2.45, 2.75) is 32.9 Å². The number of hydrogen-bond donors (Lipinski definition) is 0. The van der Waals surface area contributed by atoms with Crippen LogP contribution in [-0.4, -0.2) is 47.9 Å². The molecule has 23 heavy (non-hydrogen) atoms. The zero-order valence-corrected chi connectivity index (χ0v) is 13.9. The molecule has 1 aliphatic rings. The van der Waals surface area contributed by atoms with Gasteiger partial charge in [0.15, 0.2) is 0 Å². The smallest absolute Gasteiger partial charge is 0.425 e. The van der Waals surface area contributed by atoms with Crippen LogP contribution in [0.15, 0.2) is 28.9 Å². The highest BCUT2D eigenvalue weighted by molar-refractivity contribution is 5.90. The van der Waals surface area contributed by atoms with Crippen LogP contribution in [0, 0.1) is 0 Å². The van der Waals surface area contributed by atoms with E-state index in [1.165, 1.54) is 18.4 Å². The Morgan fingerprint density at radius 1 is 1.26 bits per heavy atom. The van der Waals surface area contributed by atoms with E-state index >= 15 is 0 Å². The molecule has 0 spiro atoms. The molecule has 0 unspecified atom stereocenters. The molecule has 1 aromatic rings. The number of ether oxygens (including phenoxy) is 2. The number of esters is 1. The molecule has 7 heteroatoms. The van der Waals surface area contributed by atoms with Crippen molar-refractivity contribution in [3.8, 4) is 0 Å². The van der Waals surface area contributed by atoms with Crippen LogP contribution in [0.5, 0.6) is 0 Å². The fraction of sp³-hybridized carbons (Fsp3) is 0.500. The summed E-state index contributed by atoms with van der Waals surface area (Å²) in [5.74, 6) is -0.0224. The van der Waals surface area contributed by atoms with Crippen molar-refractivity contribution in [2.24, 2.45) is 0 Å². The van der Waals surface area contributed by atoms with E-state index in [1.807, 2.05) is 32.9 Å². The number of amides is 1. The standard InChI is InChI=1S/C16H22N2O5/c1-16(2,3)23-15(20)18-9-6-5-8-17(18)11-13-12(7-10-22-13)14(19)21-4/h5-7,10H,8-9,11H2,1-4H3. The number of rotatable bonds is 3. The number of furan rings is 1. The van der Waals surface area contributed by atoms with Gasteiger partial charge in [-0.15, -0.1) is 0 Å². The Morgan fingerprint density at radius 2 is 1.96 bits per heavy atom. The predicted molar refractivity (Wildman–Crippen MR) is 82.5 cm³/mol. The second kappa shape index (κ2) is 6.87. The highest BCUT2D eigenvalue weighted by Gasteiger charge is 2.29. The van der Waals surface area contributed by atoms with E-state index in [0.717, 1.165) is 0 Å². The van der Waals surface area contributed by atoms with Crippen molar-refractivity contribution < 1.29 is 23.5 Å². The van der Waals surface area contributed by atoms with Gasteiger partial charge in [-0.3, -0.25) is 0 Å². The van der Waals surface area contributed by atoms with Crippen LogP contribution in [0.2, 0.25) is 0 Å². The van der Waals surface area contributed by atoms with Crippen LogP contribution in [-0.2, 0) is 16.0 Å². The molecule has 0 atom stereocenters. The lowest BCUT2D eigenvalue weighted by molar-refractivity contribution is -0.0503. The van der Waals surface area contributed by atoms with Crippen molar-refractivity contribution in [3.05, 3.63) is 35.8 Å². The summed E-state index contributed by atoms with van der Waals surface area (Å²) in [5, 5.41) is 3.26. The molecule has 0 aromatic carbocycles. The molecule has 0 saturated heterocycles. The summed E-state index contributed by atoms with van der Waals surface area (Å²) in [6.07, 6.45) is 4.83.